The van der Waals surface area contributed by atoms with Crippen molar-refractivity contribution in [3.05, 3.63) is 11.4 Å². The van der Waals surface area contributed by atoms with Gasteiger partial charge >= 0.3 is 0 Å². The van der Waals surface area contributed by atoms with Crippen LogP contribution in [0.3, 0.4) is 0 Å². The molecule has 1 unspecified atom stereocenters. The van der Waals surface area contributed by atoms with Crippen molar-refractivity contribution in [2.75, 3.05) is 0 Å². The van der Waals surface area contributed by atoms with Crippen molar-refractivity contribution in [3.8, 4) is 0 Å². The summed E-state index contributed by atoms with van der Waals surface area (Å²) in [7, 11) is 0. The number of hydrogen-bond acceptors (Lipinski definition) is 3. The predicted octanol–water partition coefficient (Wildman–Crippen LogP) is 1.26. The Morgan fingerprint density at radius 1 is 1.42 bits per heavy atom. The van der Waals surface area contributed by atoms with Gasteiger partial charge in [-0.05, 0) is 40.0 Å². The molecule has 0 saturated heterocycles. The van der Waals surface area contributed by atoms with E-state index in [0.717, 1.165) is 11.4 Å². The summed E-state index contributed by atoms with van der Waals surface area (Å²) in [5.74, 6) is 0.806. The second-order valence-electron chi connectivity index (χ2n) is 3.28. The fraction of sp³-hybridized carbons (Fsp3) is 0.667. The molecule has 0 aliphatic heterocycles. The van der Waals surface area contributed by atoms with Gasteiger partial charge in [0.1, 0.15) is 5.82 Å². The summed E-state index contributed by atoms with van der Waals surface area (Å²) >= 11 is 0. The van der Waals surface area contributed by atoms with E-state index in [1.54, 1.807) is 0 Å². The molecule has 70 valence electrons. The van der Waals surface area contributed by atoms with Crippen molar-refractivity contribution < 1.29 is 0 Å². The van der Waals surface area contributed by atoms with Crippen LogP contribution in [0, 0.1) is 0 Å². The average Bonchev–Trinajstić information content (AvgIpc) is 1.98. The van der Waals surface area contributed by atoms with Gasteiger partial charge < -0.3 is 11.1 Å². The molecule has 0 saturated carbocycles. The smallest absolute Gasteiger partial charge is 0.125 e. The van der Waals surface area contributed by atoms with Gasteiger partial charge in [0.15, 0.2) is 0 Å². The lowest BCUT2D eigenvalue weighted by molar-refractivity contribution is 0.647. The van der Waals surface area contributed by atoms with Crippen molar-refractivity contribution in [1.29, 1.82) is 0 Å². The van der Waals surface area contributed by atoms with E-state index in [9.17, 15) is 0 Å². The van der Waals surface area contributed by atoms with Crippen LogP contribution in [0.15, 0.2) is 16.4 Å². The van der Waals surface area contributed by atoms with Crippen LogP contribution in [0.25, 0.3) is 0 Å². The highest BCUT2D eigenvalue weighted by molar-refractivity contribution is 5.31. The second kappa shape index (κ2) is 4.93. The van der Waals surface area contributed by atoms with Gasteiger partial charge in [-0.1, -0.05) is 0 Å². The first kappa shape index (κ1) is 11.2. The van der Waals surface area contributed by atoms with Crippen LogP contribution in [0.4, 0.5) is 0 Å². The molecule has 0 aromatic carbocycles. The standard InChI is InChI=1S/C9H19N3/c1-6(2)12-9(11-5)7(3)8(4)10/h6,8,12H,5,10H2,1-4H3/b9-7+. The monoisotopic (exact) mass is 169 g/mol. The molecular formula is C9H19N3. The molecule has 0 radical (unpaired) electrons. The molecule has 0 spiro atoms. The molecule has 0 heterocycles. The Morgan fingerprint density at radius 3 is 2.17 bits per heavy atom. The van der Waals surface area contributed by atoms with Gasteiger partial charge in [-0.2, -0.15) is 0 Å². The maximum absolute atomic E-state index is 5.70. The first-order valence-corrected chi connectivity index (χ1v) is 4.18. The highest BCUT2D eigenvalue weighted by Crippen LogP contribution is 2.05. The molecule has 1 atom stereocenters. The summed E-state index contributed by atoms with van der Waals surface area (Å²) in [5.41, 5.74) is 6.74. The van der Waals surface area contributed by atoms with E-state index in [-0.39, 0.29) is 6.04 Å². The summed E-state index contributed by atoms with van der Waals surface area (Å²) < 4.78 is 0. The summed E-state index contributed by atoms with van der Waals surface area (Å²) in [6.45, 7) is 11.5. The van der Waals surface area contributed by atoms with Crippen LogP contribution in [0.2, 0.25) is 0 Å². The Bertz CT molecular complexity index is 180. The third-order valence-corrected chi connectivity index (χ3v) is 1.64. The van der Waals surface area contributed by atoms with Gasteiger partial charge in [0, 0.05) is 12.1 Å². The van der Waals surface area contributed by atoms with Crippen molar-refractivity contribution >= 4 is 6.72 Å². The molecular weight excluding hydrogens is 150 g/mol. The molecule has 0 aliphatic rings. The number of rotatable bonds is 4. The fourth-order valence-corrected chi connectivity index (χ4v) is 0.773. The Morgan fingerprint density at radius 2 is 1.92 bits per heavy atom. The number of nitrogens with zero attached hydrogens (tertiary/aromatic N) is 1. The second-order valence-corrected chi connectivity index (χ2v) is 3.28. The van der Waals surface area contributed by atoms with E-state index in [2.05, 4.69) is 30.9 Å². The molecule has 3 heteroatoms. The first-order chi connectivity index (χ1) is 5.49. The number of aliphatic imine (C=N–C) groups is 1. The third-order valence-electron chi connectivity index (χ3n) is 1.64. The minimum absolute atomic E-state index is 0.0248. The SMILES string of the molecule is C=N/C(NC(C)C)=C(/C)C(C)N. The molecule has 0 amide bonds. The highest BCUT2D eigenvalue weighted by Gasteiger charge is 2.05. The van der Waals surface area contributed by atoms with E-state index in [1.165, 1.54) is 0 Å². The Balaban J connectivity index is 4.50. The van der Waals surface area contributed by atoms with E-state index in [4.69, 9.17) is 5.73 Å². The molecule has 0 bridgehead atoms. The van der Waals surface area contributed by atoms with E-state index in [1.807, 2.05) is 13.8 Å². The van der Waals surface area contributed by atoms with Crippen LogP contribution >= 0.6 is 0 Å². The molecule has 0 aliphatic carbocycles. The summed E-state index contributed by atoms with van der Waals surface area (Å²) in [4.78, 5) is 3.89. The van der Waals surface area contributed by atoms with Gasteiger partial charge in [0.25, 0.3) is 0 Å². The molecule has 0 aromatic heterocycles. The summed E-state index contributed by atoms with van der Waals surface area (Å²) in [6.07, 6.45) is 0. The van der Waals surface area contributed by atoms with Crippen LogP contribution < -0.4 is 11.1 Å². The quantitative estimate of drug-likeness (QED) is 0.622. The van der Waals surface area contributed by atoms with Gasteiger partial charge in [-0.25, -0.2) is 4.99 Å². The maximum Gasteiger partial charge on any atom is 0.125 e. The molecule has 3 N–H and O–H groups in total. The normalized spacial score (nSPS) is 15.5. The minimum atomic E-state index is 0.0248. The largest absolute Gasteiger partial charge is 0.368 e. The zero-order valence-corrected chi connectivity index (χ0v) is 8.39. The molecule has 0 aromatic rings. The van der Waals surface area contributed by atoms with Gasteiger partial charge in [-0.3, -0.25) is 0 Å². The highest BCUT2D eigenvalue weighted by atomic mass is 15.0. The predicted molar refractivity (Wildman–Crippen MR) is 54.2 cm³/mol. The third kappa shape index (κ3) is 3.53. The zero-order valence-electron chi connectivity index (χ0n) is 8.39. The van der Waals surface area contributed by atoms with E-state index >= 15 is 0 Å². The Kier molecular flexibility index (Phi) is 4.59. The van der Waals surface area contributed by atoms with Gasteiger partial charge in [0.2, 0.25) is 0 Å². The molecule has 3 nitrogen and oxygen atoms in total. The summed E-state index contributed by atoms with van der Waals surface area (Å²) in [6, 6.07) is 0.385. The maximum atomic E-state index is 5.70. The first-order valence-electron chi connectivity index (χ1n) is 4.18. The van der Waals surface area contributed by atoms with Crippen LogP contribution in [-0.2, 0) is 0 Å². The van der Waals surface area contributed by atoms with E-state index < -0.39 is 0 Å². The number of nitrogens with one attached hydrogen (secondary N) is 1. The van der Waals surface area contributed by atoms with Crippen molar-refractivity contribution in [1.82, 2.24) is 5.32 Å². The minimum Gasteiger partial charge on any atom is -0.368 e. The van der Waals surface area contributed by atoms with Gasteiger partial charge in [-0.15, -0.1) is 0 Å². The molecule has 0 fully saturated rings. The van der Waals surface area contributed by atoms with Gasteiger partial charge in [0.05, 0.1) is 0 Å². The summed E-state index contributed by atoms with van der Waals surface area (Å²) in [5, 5.41) is 3.18. The molecule has 0 rings (SSSR count). The van der Waals surface area contributed by atoms with Crippen LogP contribution in [-0.4, -0.2) is 18.8 Å². The topological polar surface area (TPSA) is 50.4 Å². The van der Waals surface area contributed by atoms with Crippen molar-refractivity contribution in [3.63, 3.8) is 0 Å². The zero-order chi connectivity index (χ0) is 9.72. The number of nitrogens with two attached hydrogens (primary N) is 1. The lowest BCUT2D eigenvalue weighted by Gasteiger charge is -2.15. The lowest BCUT2D eigenvalue weighted by atomic mass is 10.1. The lowest BCUT2D eigenvalue weighted by Crippen LogP contribution is -2.26. The van der Waals surface area contributed by atoms with Crippen LogP contribution in [0.1, 0.15) is 27.7 Å². The average molecular weight is 169 g/mol. The van der Waals surface area contributed by atoms with E-state index in [0.29, 0.717) is 6.04 Å². The number of hydrogen-bond donors (Lipinski definition) is 2. The Hall–Kier alpha value is -0.830. The molecule has 12 heavy (non-hydrogen) atoms. The van der Waals surface area contributed by atoms with Crippen molar-refractivity contribution in [2.24, 2.45) is 10.7 Å². The van der Waals surface area contributed by atoms with Crippen molar-refractivity contribution in [2.45, 2.75) is 39.8 Å². The van der Waals surface area contributed by atoms with Crippen LogP contribution in [0.5, 0.6) is 0 Å². The fourth-order valence-electron chi connectivity index (χ4n) is 0.773. The Labute approximate surface area is 74.8 Å².